The Morgan fingerprint density at radius 3 is 2.60 bits per heavy atom. The van der Waals surface area contributed by atoms with Crippen molar-refractivity contribution in [3.05, 3.63) is 70.4 Å². The lowest BCUT2D eigenvalue weighted by Crippen LogP contribution is -2.07. The molecule has 0 aliphatic heterocycles. The van der Waals surface area contributed by atoms with Crippen LogP contribution in [-0.2, 0) is 4.74 Å². The van der Waals surface area contributed by atoms with Gasteiger partial charge < -0.3 is 4.74 Å². The molecule has 4 rings (SSSR count). The quantitative estimate of drug-likeness (QED) is 0.384. The number of esters is 1. The SMILES string of the molecule is CCOC(=O)c1nn(-c2ccccc2C)c(-c2nnc(-c3cccc(C)c3)s2)c1Cl. The molecule has 6 nitrogen and oxygen atoms in total. The van der Waals surface area contributed by atoms with Crippen molar-refractivity contribution in [3.8, 4) is 27.0 Å². The molecule has 0 spiro atoms. The molecule has 0 saturated heterocycles. The second-order valence-electron chi connectivity index (χ2n) is 6.71. The molecule has 4 aromatic rings. The van der Waals surface area contributed by atoms with Crippen molar-refractivity contribution in [2.75, 3.05) is 6.61 Å². The highest BCUT2D eigenvalue weighted by Crippen LogP contribution is 2.37. The number of halogens is 1. The number of ether oxygens (including phenoxy) is 1. The summed E-state index contributed by atoms with van der Waals surface area (Å²) in [6, 6.07) is 15.8. The predicted octanol–water partition coefficient (Wildman–Crippen LogP) is 5.50. The van der Waals surface area contributed by atoms with E-state index in [1.54, 1.807) is 11.6 Å². The summed E-state index contributed by atoms with van der Waals surface area (Å²) in [6.45, 7) is 5.97. The minimum absolute atomic E-state index is 0.0593. The monoisotopic (exact) mass is 438 g/mol. The van der Waals surface area contributed by atoms with Gasteiger partial charge in [0.2, 0.25) is 0 Å². The van der Waals surface area contributed by atoms with Crippen LogP contribution in [0.1, 0.15) is 28.5 Å². The van der Waals surface area contributed by atoms with E-state index in [1.165, 1.54) is 11.3 Å². The van der Waals surface area contributed by atoms with Crippen LogP contribution in [0.15, 0.2) is 48.5 Å². The third kappa shape index (κ3) is 3.74. The Kier molecular flexibility index (Phi) is 5.65. The summed E-state index contributed by atoms with van der Waals surface area (Å²) in [5.74, 6) is -0.570. The smallest absolute Gasteiger partial charge is 0.360 e. The number of rotatable bonds is 5. The molecular formula is C22H19ClN4O2S. The van der Waals surface area contributed by atoms with Crippen molar-refractivity contribution in [1.29, 1.82) is 0 Å². The highest BCUT2D eigenvalue weighted by atomic mass is 35.5. The first-order valence-electron chi connectivity index (χ1n) is 9.42. The van der Waals surface area contributed by atoms with Gasteiger partial charge in [0.15, 0.2) is 10.7 Å². The highest BCUT2D eigenvalue weighted by Gasteiger charge is 2.27. The number of carbonyl (C=O) groups excluding carboxylic acids is 1. The average molecular weight is 439 g/mol. The van der Waals surface area contributed by atoms with Crippen molar-refractivity contribution < 1.29 is 9.53 Å². The van der Waals surface area contributed by atoms with Crippen LogP contribution in [0.4, 0.5) is 0 Å². The van der Waals surface area contributed by atoms with Crippen LogP contribution in [0.5, 0.6) is 0 Å². The Bertz CT molecular complexity index is 1230. The number of benzene rings is 2. The van der Waals surface area contributed by atoms with Gasteiger partial charge in [0.05, 0.1) is 12.3 Å². The third-order valence-electron chi connectivity index (χ3n) is 4.53. The number of hydrogen-bond acceptors (Lipinski definition) is 6. The van der Waals surface area contributed by atoms with E-state index in [2.05, 4.69) is 21.4 Å². The minimum atomic E-state index is -0.570. The molecule has 0 aliphatic rings. The zero-order chi connectivity index (χ0) is 21.3. The Hall–Kier alpha value is -3.03. The molecular weight excluding hydrogens is 420 g/mol. The maximum absolute atomic E-state index is 12.4. The zero-order valence-electron chi connectivity index (χ0n) is 16.7. The fourth-order valence-electron chi connectivity index (χ4n) is 3.10. The van der Waals surface area contributed by atoms with Gasteiger partial charge in [-0.3, -0.25) is 0 Å². The molecule has 0 atom stereocenters. The normalized spacial score (nSPS) is 10.9. The second-order valence-corrected chi connectivity index (χ2v) is 8.07. The molecule has 8 heteroatoms. The molecule has 0 unspecified atom stereocenters. The molecule has 0 aliphatic carbocycles. The lowest BCUT2D eigenvalue weighted by atomic mass is 10.1. The maximum atomic E-state index is 12.4. The summed E-state index contributed by atoms with van der Waals surface area (Å²) in [4.78, 5) is 12.4. The van der Waals surface area contributed by atoms with E-state index in [1.807, 2.05) is 56.3 Å². The van der Waals surface area contributed by atoms with E-state index < -0.39 is 5.97 Å². The Morgan fingerprint density at radius 1 is 1.10 bits per heavy atom. The van der Waals surface area contributed by atoms with Crippen LogP contribution < -0.4 is 0 Å². The fourth-order valence-corrected chi connectivity index (χ4v) is 4.32. The number of carbonyl (C=O) groups is 1. The molecule has 30 heavy (non-hydrogen) atoms. The molecule has 152 valence electrons. The van der Waals surface area contributed by atoms with Gasteiger partial charge >= 0.3 is 5.97 Å². The van der Waals surface area contributed by atoms with Gasteiger partial charge in [-0.1, -0.05) is 64.9 Å². The van der Waals surface area contributed by atoms with E-state index in [4.69, 9.17) is 16.3 Å². The van der Waals surface area contributed by atoms with Gasteiger partial charge in [-0.05, 0) is 38.5 Å². The maximum Gasteiger partial charge on any atom is 0.360 e. The van der Waals surface area contributed by atoms with E-state index in [0.29, 0.717) is 10.7 Å². The molecule has 0 amide bonds. The summed E-state index contributed by atoms with van der Waals surface area (Å²) < 4.78 is 6.78. The molecule has 0 radical (unpaired) electrons. The van der Waals surface area contributed by atoms with Crippen molar-refractivity contribution in [2.24, 2.45) is 0 Å². The van der Waals surface area contributed by atoms with Crippen LogP contribution in [0, 0.1) is 13.8 Å². The first-order valence-corrected chi connectivity index (χ1v) is 10.6. The lowest BCUT2D eigenvalue weighted by Gasteiger charge is -2.08. The predicted molar refractivity (Wildman–Crippen MR) is 118 cm³/mol. The van der Waals surface area contributed by atoms with E-state index in [-0.39, 0.29) is 17.3 Å². The van der Waals surface area contributed by atoms with Gasteiger partial charge in [-0.25, -0.2) is 9.48 Å². The summed E-state index contributed by atoms with van der Waals surface area (Å²) in [5.41, 5.74) is 4.47. The molecule has 0 bridgehead atoms. The molecule has 0 N–H and O–H groups in total. The van der Waals surface area contributed by atoms with Gasteiger partial charge in [0, 0.05) is 5.56 Å². The van der Waals surface area contributed by atoms with Crippen LogP contribution in [0.2, 0.25) is 5.02 Å². The summed E-state index contributed by atoms with van der Waals surface area (Å²) >= 11 is 8.03. The second kappa shape index (κ2) is 8.38. The molecule has 2 aromatic carbocycles. The Morgan fingerprint density at radius 2 is 1.87 bits per heavy atom. The van der Waals surface area contributed by atoms with Crippen LogP contribution in [-0.4, -0.2) is 32.6 Å². The van der Waals surface area contributed by atoms with Gasteiger partial charge in [0.1, 0.15) is 15.7 Å². The first kappa shape index (κ1) is 20.3. The van der Waals surface area contributed by atoms with Crippen molar-refractivity contribution in [2.45, 2.75) is 20.8 Å². The largest absolute Gasteiger partial charge is 0.461 e. The number of para-hydroxylation sites is 1. The van der Waals surface area contributed by atoms with E-state index in [0.717, 1.165) is 27.4 Å². The summed E-state index contributed by atoms with van der Waals surface area (Å²) in [6.07, 6.45) is 0. The van der Waals surface area contributed by atoms with Crippen LogP contribution in [0.25, 0.3) is 27.0 Å². The van der Waals surface area contributed by atoms with Crippen molar-refractivity contribution in [1.82, 2.24) is 20.0 Å². The van der Waals surface area contributed by atoms with E-state index in [9.17, 15) is 4.79 Å². The summed E-state index contributed by atoms with van der Waals surface area (Å²) in [7, 11) is 0. The summed E-state index contributed by atoms with van der Waals surface area (Å²) in [5, 5.41) is 14.7. The molecule has 0 fully saturated rings. The Labute approximate surface area is 183 Å². The first-order chi connectivity index (χ1) is 14.5. The van der Waals surface area contributed by atoms with Crippen LogP contribution in [0.3, 0.4) is 0 Å². The van der Waals surface area contributed by atoms with Gasteiger partial charge in [-0.2, -0.15) is 5.10 Å². The van der Waals surface area contributed by atoms with Crippen molar-refractivity contribution in [3.63, 3.8) is 0 Å². The standard InChI is InChI=1S/C22H19ClN4O2S/c1-4-29-22(28)18-17(23)19(27(26-18)16-11-6-5-9-14(16)3)21-25-24-20(30-21)15-10-7-8-13(2)12-15/h5-12H,4H2,1-3H3. The molecule has 2 heterocycles. The van der Waals surface area contributed by atoms with E-state index >= 15 is 0 Å². The van der Waals surface area contributed by atoms with Crippen molar-refractivity contribution >= 4 is 28.9 Å². The number of nitrogens with zero attached hydrogens (tertiary/aromatic N) is 4. The minimum Gasteiger partial charge on any atom is -0.461 e. The molecule has 0 saturated carbocycles. The topological polar surface area (TPSA) is 69.9 Å². The third-order valence-corrected chi connectivity index (χ3v) is 5.87. The number of aromatic nitrogens is 4. The molecule has 2 aromatic heterocycles. The highest BCUT2D eigenvalue weighted by molar-refractivity contribution is 7.18. The van der Waals surface area contributed by atoms with Gasteiger partial charge in [-0.15, -0.1) is 10.2 Å². The zero-order valence-corrected chi connectivity index (χ0v) is 18.3. The fraction of sp³-hybridized carbons (Fsp3) is 0.182. The van der Waals surface area contributed by atoms with Gasteiger partial charge in [0.25, 0.3) is 0 Å². The average Bonchev–Trinajstić information content (AvgIpc) is 3.33. The number of aryl methyl sites for hydroxylation is 2. The lowest BCUT2D eigenvalue weighted by molar-refractivity contribution is 0.0519. The van der Waals surface area contributed by atoms with Crippen LogP contribution >= 0.6 is 22.9 Å². The Balaban J connectivity index is 1.89. The number of hydrogen-bond donors (Lipinski definition) is 0.